The van der Waals surface area contributed by atoms with Crippen molar-refractivity contribution in [1.82, 2.24) is 9.80 Å². The van der Waals surface area contributed by atoms with Gasteiger partial charge in [-0.25, -0.2) is 4.39 Å². The summed E-state index contributed by atoms with van der Waals surface area (Å²) in [6.45, 7) is 2.95. The van der Waals surface area contributed by atoms with Gasteiger partial charge in [0.05, 0.1) is 12.8 Å². The maximum atomic E-state index is 13.9. The molecule has 4 aromatic rings. The Morgan fingerprint density at radius 2 is 1.63 bits per heavy atom. The van der Waals surface area contributed by atoms with Crippen molar-refractivity contribution in [3.05, 3.63) is 125 Å². The van der Waals surface area contributed by atoms with Crippen LogP contribution in [0.5, 0.6) is 5.75 Å². The molecule has 1 fully saturated rings. The number of nitrogens with one attached hydrogen (secondary N) is 1. The highest BCUT2D eigenvalue weighted by molar-refractivity contribution is 5.99. The SMILES string of the molecule is COc1ccccc1N1CCN(C(=O)c2ccc(NC3c4ccccc4C(=O)N3Cc3cccc(F)c3)cc2)CC1. The Kier molecular flexibility index (Phi) is 7.29. The van der Waals surface area contributed by atoms with Gasteiger partial charge in [0.1, 0.15) is 17.7 Å². The average molecular weight is 551 g/mol. The zero-order chi connectivity index (χ0) is 28.3. The standard InChI is InChI=1S/C33H31FN4O3/c1-41-30-12-5-4-11-29(30)36-17-19-37(20-18-36)32(39)24-13-15-26(16-14-24)35-31-27-9-2-3-10-28(27)33(40)38(31)22-23-7-6-8-25(34)21-23/h2-16,21,31,35H,17-20,22H2,1H3. The Morgan fingerprint density at radius 3 is 2.39 bits per heavy atom. The normalized spacial score (nSPS) is 16.5. The van der Waals surface area contributed by atoms with Gasteiger partial charge >= 0.3 is 0 Å². The number of fused-ring (bicyclic) bond motifs is 1. The molecule has 41 heavy (non-hydrogen) atoms. The summed E-state index contributed by atoms with van der Waals surface area (Å²) < 4.78 is 19.4. The van der Waals surface area contributed by atoms with Crippen LogP contribution in [0.15, 0.2) is 97.1 Å². The molecule has 1 unspecified atom stereocenters. The van der Waals surface area contributed by atoms with Crippen LogP contribution in [0.4, 0.5) is 15.8 Å². The number of nitrogens with zero attached hydrogens (tertiary/aromatic N) is 3. The summed E-state index contributed by atoms with van der Waals surface area (Å²) in [5.74, 6) is 0.376. The van der Waals surface area contributed by atoms with E-state index in [1.54, 1.807) is 18.1 Å². The number of hydrogen-bond donors (Lipinski definition) is 1. The van der Waals surface area contributed by atoms with E-state index in [0.717, 1.165) is 35.8 Å². The number of halogens is 1. The van der Waals surface area contributed by atoms with Gasteiger partial charge in [0.15, 0.2) is 0 Å². The van der Waals surface area contributed by atoms with Crippen molar-refractivity contribution in [1.29, 1.82) is 0 Å². The van der Waals surface area contributed by atoms with E-state index in [-0.39, 0.29) is 24.2 Å². The van der Waals surface area contributed by atoms with Gasteiger partial charge in [-0.1, -0.05) is 42.5 Å². The highest BCUT2D eigenvalue weighted by Gasteiger charge is 2.36. The first-order chi connectivity index (χ1) is 20.0. The molecule has 208 valence electrons. The van der Waals surface area contributed by atoms with Crippen LogP contribution in [0, 0.1) is 5.82 Å². The Morgan fingerprint density at radius 1 is 0.902 bits per heavy atom. The third-order valence-corrected chi connectivity index (χ3v) is 7.73. The first-order valence-electron chi connectivity index (χ1n) is 13.7. The number of rotatable bonds is 7. The fourth-order valence-corrected chi connectivity index (χ4v) is 5.61. The lowest BCUT2D eigenvalue weighted by molar-refractivity contribution is 0.0726. The Balaban J connectivity index is 1.14. The number of amides is 2. The van der Waals surface area contributed by atoms with Crippen molar-refractivity contribution in [2.75, 3.05) is 43.5 Å². The van der Waals surface area contributed by atoms with E-state index < -0.39 is 6.17 Å². The Bertz CT molecular complexity index is 1570. The molecule has 6 rings (SSSR count). The van der Waals surface area contributed by atoms with Crippen LogP contribution in [0.2, 0.25) is 0 Å². The Hall–Kier alpha value is -4.85. The largest absolute Gasteiger partial charge is 0.495 e. The number of anilines is 2. The number of methoxy groups -OCH3 is 1. The van der Waals surface area contributed by atoms with E-state index in [0.29, 0.717) is 29.8 Å². The van der Waals surface area contributed by atoms with E-state index in [1.165, 1.54) is 12.1 Å². The van der Waals surface area contributed by atoms with Crippen LogP contribution in [-0.2, 0) is 6.54 Å². The van der Waals surface area contributed by atoms with Crippen molar-refractivity contribution >= 4 is 23.2 Å². The second kappa shape index (κ2) is 11.3. The van der Waals surface area contributed by atoms with Crippen molar-refractivity contribution in [2.45, 2.75) is 12.7 Å². The van der Waals surface area contributed by atoms with Gasteiger partial charge in [0.2, 0.25) is 0 Å². The molecule has 2 aliphatic heterocycles. The minimum atomic E-state index is -0.424. The van der Waals surface area contributed by atoms with Gasteiger partial charge in [-0.15, -0.1) is 0 Å². The lowest BCUT2D eigenvalue weighted by Gasteiger charge is -2.36. The summed E-state index contributed by atoms with van der Waals surface area (Å²) in [7, 11) is 1.67. The van der Waals surface area contributed by atoms with E-state index >= 15 is 0 Å². The fraction of sp³-hybridized carbons (Fsp3) is 0.212. The van der Waals surface area contributed by atoms with Gasteiger partial charge in [-0.3, -0.25) is 9.59 Å². The highest BCUT2D eigenvalue weighted by Crippen LogP contribution is 2.36. The predicted octanol–water partition coefficient (Wildman–Crippen LogP) is 5.56. The first-order valence-corrected chi connectivity index (χ1v) is 13.7. The molecule has 2 amide bonds. The van der Waals surface area contributed by atoms with Gasteiger partial charge in [-0.05, 0) is 60.2 Å². The minimum Gasteiger partial charge on any atom is -0.495 e. The molecule has 0 radical (unpaired) electrons. The van der Waals surface area contributed by atoms with Crippen molar-refractivity contribution in [3.63, 3.8) is 0 Å². The van der Waals surface area contributed by atoms with Crippen molar-refractivity contribution in [2.24, 2.45) is 0 Å². The summed E-state index contributed by atoms with van der Waals surface area (Å²) in [6, 6.07) is 29.1. The molecule has 1 saturated heterocycles. The quantitative estimate of drug-likeness (QED) is 0.326. The fourth-order valence-electron chi connectivity index (χ4n) is 5.61. The monoisotopic (exact) mass is 550 g/mol. The maximum absolute atomic E-state index is 13.9. The maximum Gasteiger partial charge on any atom is 0.256 e. The third-order valence-electron chi connectivity index (χ3n) is 7.73. The van der Waals surface area contributed by atoms with Gasteiger partial charge < -0.3 is 24.8 Å². The lowest BCUT2D eigenvalue weighted by atomic mass is 10.1. The molecular formula is C33H31FN4O3. The average Bonchev–Trinajstić information content (AvgIpc) is 3.27. The number of para-hydroxylation sites is 2. The minimum absolute atomic E-state index is 0.00894. The smallest absolute Gasteiger partial charge is 0.256 e. The number of hydrogen-bond acceptors (Lipinski definition) is 5. The molecule has 0 saturated carbocycles. The van der Waals surface area contributed by atoms with Gasteiger partial charge in [0.25, 0.3) is 11.8 Å². The second-order valence-corrected chi connectivity index (χ2v) is 10.2. The van der Waals surface area contributed by atoms with Crippen LogP contribution >= 0.6 is 0 Å². The van der Waals surface area contributed by atoms with Gasteiger partial charge in [0, 0.05) is 55.1 Å². The molecule has 0 bridgehead atoms. The molecule has 2 heterocycles. The molecule has 4 aromatic carbocycles. The molecule has 8 heteroatoms. The van der Waals surface area contributed by atoms with E-state index in [9.17, 15) is 14.0 Å². The van der Waals surface area contributed by atoms with Crippen molar-refractivity contribution < 1.29 is 18.7 Å². The Labute approximate surface area is 238 Å². The number of ether oxygens (including phenoxy) is 1. The summed E-state index contributed by atoms with van der Waals surface area (Å²) in [5.41, 5.74) is 4.63. The number of benzene rings is 4. The van der Waals surface area contributed by atoms with Crippen LogP contribution in [0.25, 0.3) is 0 Å². The van der Waals surface area contributed by atoms with E-state index in [4.69, 9.17) is 4.74 Å². The van der Waals surface area contributed by atoms with E-state index in [2.05, 4.69) is 10.2 Å². The van der Waals surface area contributed by atoms with Crippen molar-refractivity contribution in [3.8, 4) is 5.75 Å². The summed E-state index contributed by atoms with van der Waals surface area (Å²) in [4.78, 5) is 32.4. The molecular weight excluding hydrogens is 519 g/mol. The molecule has 1 atom stereocenters. The van der Waals surface area contributed by atoms with Crippen LogP contribution in [0.3, 0.4) is 0 Å². The summed E-state index contributed by atoms with van der Waals surface area (Å²) >= 11 is 0. The highest BCUT2D eigenvalue weighted by atomic mass is 19.1. The van der Waals surface area contributed by atoms with Crippen LogP contribution in [0.1, 0.15) is 38.0 Å². The number of carbonyl (C=O) groups excluding carboxylic acids is 2. The molecule has 1 N–H and O–H groups in total. The summed E-state index contributed by atoms with van der Waals surface area (Å²) in [6.07, 6.45) is -0.424. The zero-order valence-corrected chi connectivity index (χ0v) is 22.8. The summed E-state index contributed by atoms with van der Waals surface area (Å²) in [5, 5.41) is 3.46. The number of piperazine rings is 1. The number of carbonyl (C=O) groups is 2. The zero-order valence-electron chi connectivity index (χ0n) is 22.8. The predicted molar refractivity (Wildman–Crippen MR) is 157 cm³/mol. The third kappa shape index (κ3) is 5.33. The molecule has 0 spiro atoms. The second-order valence-electron chi connectivity index (χ2n) is 10.2. The lowest BCUT2D eigenvalue weighted by Crippen LogP contribution is -2.48. The van der Waals surface area contributed by atoms with Crippen LogP contribution in [-0.4, -0.2) is 54.9 Å². The molecule has 2 aliphatic rings. The molecule has 0 aromatic heterocycles. The van der Waals surface area contributed by atoms with Gasteiger partial charge in [-0.2, -0.15) is 0 Å². The first kappa shape index (κ1) is 26.4. The topological polar surface area (TPSA) is 65.1 Å². The molecule has 7 nitrogen and oxygen atoms in total. The molecule has 0 aliphatic carbocycles. The van der Waals surface area contributed by atoms with Crippen LogP contribution < -0.4 is 15.0 Å². The van der Waals surface area contributed by atoms with E-state index in [1.807, 2.05) is 83.8 Å².